The molecule has 32 heavy (non-hydrogen) atoms. The Kier molecular flexibility index (Phi) is 7.40. The quantitative estimate of drug-likeness (QED) is 0.546. The van der Waals surface area contributed by atoms with E-state index in [0.717, 1.165) is 48.4 Å². The molecule has 4 rings (SSSR count). The monoisotopic (exact) mass is 436 g/mol. The standard InChI is InChI=1S/C25H28N2O5/c1-29-20-9-5-18(6-10-20)14-25-27-23(16-32-25)19-7-11-21(12-8-19)31-17-24(28)26-15-22-4-2-3-13-30-22/h5-12,16,22H,2-4,13-15,17H2,1H3,(H,26,28). The Morgan fingerprint density at radius 3 is 2.59 bits per heavy atom. The minimum absolute atomic E-state index is 0.0258. The van der Waals surface area contributed by atoms with Gasteiger partial charge in [-0.2, -0.15) is 0 Å². The number of carbonyl (C=O) groups excluding carboxylic acids is 1. The maximum absolute atomic E-state index is 12.0. The Morgan fingerprint density at radius 2 is 1.88 bits per heavy atom. The number of benzene rings is 2. The second-order valence-corrected chi connectivity index (χ2v) is 7.76. The normalized spacial score (nSPS) is 15.8. The van der Waals surface area contributed by atoms with Crippen molar-refractivity contribution in [2.75, 3.05) is 26.9 Å². The van der Waals surface area contributed by atoms with Crippen LogP contribution in [-0.4, -0.2) is 43.9 Å². The molecule has 7 nitrogen and oxygen atoms in total. The number of methoxy groups -OCH3 is 1. The fourth-order valence-electron chi connectivity index (χ4n) is 3.56. The zero-order chi connectivity index (χ0) is 22.2. The van der Waals surface area contributed by atoms with E-state index in [1.54, 1.807) is 13.4 Å². The predicted molar refractivity (Wildman–Crippen MR) is 120 cm³/mol. The summed E-state index contributed by atoms with van der Waals surface area (Å²) in [4.78, 5) is 16.6. The summed E-state index contributed by atoms with van der Waals surface area (Å²) in [6, 6.07) is 15.3. The number of amides is 1. The molecule has 1 unspecified atom stereocenters. The zero-order valence-corrected chi connectivity index (χ0v) is 18.2. The minimum atomic E-state index is -0.150. The minimum Gasteiger partial charge on any atom is -0.497 e. The van der Waals surface area contributed by atoms with Gasteiger partial charge in [-0.05, 0) is 61.2 Å². The van der Waals surface area contributed by atoms with E-state index < -0.39 is 0 Å². The summed E-state index contributed by atoms with van der Waals surface area (Å²) >= 11 is 0. The highest BCUT2D eigenvalue weighted by Crippen LogP contribution is 2.23. The molecular weight excluding hydrogens is 408 g/mol. The van der Waals surface area contributed by atoms with Gasteiger partial charge in [-0.1, -0.05) is 12.1 Å². The van der Waals surface area contributed by atoms with Gasteiger partial charge in [0, 0.05) is 25.1 Å². The van der Waals surface area contributed by atoms with Crippen LogP contribution < -0.4 is 14.8 Å². The number of hydrogen-bond acceptors (Lipinski definition) is 6. The molecule has 0 aliphatic carbocycles. The molecule has 1 saturated heterocycles. The van der Waals surface area contributed by atoms with E-state index >= 15 is 0 Å². The number of nitrogens with zero attached hydrogens (tertiary/aromatic N) is 1. The maximum Gasteiger partial charge on any atom is 0.258 e. The number of hydrogen-bond donors (Lipinski definition) is 1. The number of aromatic nitrogens is 1. The van der Waals surface area contributed by atoms with Crippen LogP contribution in [0.1, 0.15) is 30.7 Å². The average Bonchev–Trinajstić information content (AvgIpc) is 3.31. The van der Waals surface area contributed by atoms with Gasteiger partial charge in [-0.15, -0.1) is 0 Å². The summed E-state index contributed by atoms with van der Waals surface area (Å²) in [5, 5.41) is 2.87. The first-order valence-corrected chi connectivity index (χ1v) is 10.9. The molecule has 0 saturated carbocycles. The van der Waals surface area contributed by atoms with Crippen molar-refractivity contribution in [3.63, 3.8) is 0 Å². The van der Waals surface area contributed by atoms with E-state index in [0.29, 0.717) is 24.6 Å². The Balaban J connectivity index is 1.25. The van der Waals surface area contributed by atoms with E-state index in [9.17, 15) is 4.79 Å². The third kappa shape index (κ3) is 6.11. The van der Waals surface area contributed by atoms with Gasteiger partial charge < -0.3 is 23.9 Å². The lowest BCUT2D eigenvalue weighted by Gasteiger charge is -2.22. The molecule has 1 aliphatic heterocycles. The van der Waals surface area contributed by atoms with E-state index in [-0.39, 0.29) is 18.6 Å². The summed E-state index contributed by atoms with van der Waals surface area (Å²) in [7, 11) is 1.65. The van der Waals surface area contributed by atoms with Crippen molar-refractivity contribution in [3.05, 3.63) is 66.2 Å². The highest BCUT2D eigenvalue weighted by atomic mass is 16.5. The van der Waals surface area contributed by atoms with E-state index in [4.69, 9.17) is 18.6 Å². The van der Waals surface area contributed by atoms with Crippen molar-refractivity contribution in [1.29, 1.82) is 0 Å². The number of carbonyl (C=O) groups is 1. The number of nitrogens with one attached hydrogen (secondary N) is 1. The topological polar surface area (TPSA) is 82.8 Å². The van der Waals surface area contributed by atoms with Gasteiger partial charge in [0.1, 0.15) is 23.5 Å². The summed E-state index contributed by atoms with van der Waals surface area (Å²) in [5.74, 6) is 1.94. The Morgan fingerprint density at radius 1 is 1.09 bits per heavy atom. The van der Waals surface area contributed by atoms with Gasteiger partial charge >= 0.3 is 0 Å². The Hall–Kier alpha value is -3.32. The average molecular weight is 437 g/mol. The number of ether oxygens (including phenoxy) is 3. The summed E-state index contributed by atoms with van der Waals surface area (Å²) in [6.07, 6.45) is 5.61. The summed E-state index contributed by atoms with van der Waals surface area (Å²) in [5.41, 5.74) is 2.77. The molecule has 1 amide bonds. The van der Waals surface area contributed by atoms with Gasteiger partial charge in [0.25, 0.3) is 5.91 Å². The molecule has 3 aromatic rings. The molecule has 0 spiro atoms. The van der Waals surface area contributed by atoms with Gasteiger partial charge in [0.05, 0.1) is 13.2 Å². The Labute approximate surface area is 187 Å². The molecular formula is C25H28N2O5. The lowest BCUT2D eigenvalue weighted by molar-refractivity contribution is -0.124. The van der Waals surface area contributed by atoms with Crippen LogP contribution in [0.2, 0.25) is 0 Å². The van der Waals surface area contributed by atoms with Crippen LogP contribution in [0.3, 0.4) is 0 Å². The van der Waals surface area contributed by atoms with Crippen LogP contribution in [0.4, 0.5) is 0 Å². The van der Waals surface area contributed by atoms with Crippen LogP contribution >= 0.6 is 0 Å². The first-order valence-electron chi connectivity index (χ1n) is 10.9. The molecule has 0 radical (unpaired) electrons. The van der Waals surface area contributed by atoms with Gasteiger partial charge in [0.2, 0.25) is 0 Å². The zero-order valence-electron chi connectivity index (χ0n) is 18.2. The molecule has 1 N–H and O–H groups in total. The smallest absolute Gasteiger partial charge is 0.258 e. The highest BCUT2D eigenvalue weighted by molar-refractivity contribution is 5.77. The molecule has 1 fully saturated rings. The van der Waals surface area contributed by atoms with Crippen molar-refractivity contribution in [1.82, 2.24) is 10.3 Å². The van der Waals surface area contributed by atoms with Crippen LogP contribution in [0.25, 0.3) is 11.3 Å². The third-order valence-electron chi connectivity index (χ3n) is 5.39. The van der Waals surface area contributed by atoms with Gasteiger partial charge in [-0.3, -0.25) is 4.79 Å². The third-order valence-corrected chi connectivity index (χ3v) is 5.39. The fraction of sp³-hybridized carbons (Fsp3) is 0.360. The molecule has 1 aliphatic rings. The number of rotatable bonds is 9. The van der Waals surface area contributed by atoms with Crippen LogP contribution in [-0.2, 0) is 16.0 Å². The molecule has 2 aromatic carbocycles. The molecule has 7 heteroatoms. The van der Waals surface area contributed by atoms with E-state index in [2.05, 4.69) is 10.3 Å². The summed E-state index contributed by atoms with van der Waals surface area (Å²) < 4.78 is 22.0. The summed E-state index contributed by atoms with van der Waals surface area (Å²) in [6.45, 7) is 1.28. The van der Waals surface area contributed by atoms with E-state index in [1.165, 1.54) is 0 Å². The van der Waals surface area contributed by atoms with Crippen molar-refractivity contribution in [2.45, 2.75) is 31.8 Å². The second-order valence-electron chi connectivity index (χ2n) is 7.76. The van der Waals surface area contributed by atoms with Gasteiger partial charge in [0.15, 0.2) is 12.5 Å². The Bertz CT molecular complexity index is 992. The van der Waals surface area contributed by atoms with Crippen molar-refractivity contribution in [3.8, 4) is 22.8 Å². The predicted octanol–water partition coefficient (Wildman–Crippen LogP) is 4.01. The van der Waals surface area contributed by atoms with Crippen molar-refractivity contribution >= 4 is 5.91 Å². The first-order chi connectivity index (χ1) is 15.7. The van der Waals surface area contributed by atoms with Crippen LogP contribution in [0, 0.1) is 0 Å². The SMILES string of the molecule is COc1ccc(Cc2nc(-c3ccc(OCC(=O)NCC4CCCCO4)cc3)co2)cc1. The van der Waals surface area contributed by atoms with Crippen LogP contribution in [0.5, 0.6) is 11.5 Å². The molecule has 0 bridgehead atoms. The van der Waals surface area contributed by atoms with Gasteiger partial charge in [-0.25, -0.2) is 4.98 Å². The maximum atomic E-state index is 12.0. The molecule has 1 atom stereocenters. The fourth-order valence-corrected chi connectivity index (χ4v) is 3.56. The van der Waals surface area contributed by atoms with Crippen molar-refractivity contribution < 1.29 is 23.4 Å². The lowest BCUT2D eigenvalue weighted by atomic mass is 10.1. The lowest BCUT2D eigenvalue weighted by Crippen LogP contribution is -2.37. The number of oxazole rings is 1. The largest absolute Gasteiger partial charge is 0.497 e. The van der Waals surface area contributed by atoms with Crippen LogP contribution in [0.15, 0.2) is 59.2 Å². The molecule has 2 heterocycles. The van der Waals surface area contributed by atoms with Crippen molar-refractivity contribution in [2.24, 2.45) is 0 Å². The highest BCUT2D eigenvalue weighted by Gasteiger charge is 2.15. The molecule has 168 valence electrons. The molecule has 1 aromatic heterocycles. The second kappa shape index (κ2) is 10.8. The van der Waals surface area contributed by atoms with E-state index in [1.807, 2.05) is 48.5 Å². The first kappa shape index (κ1) is 21.9.